The summed E-state index contributed by atoms with van der Waals surface area (Å²) in [5.41, 5.74) is 4.58. The van der Waals surface area contributed by atoms with Gasteiger partial charge in [-0.05, 0) is 30.7 Å². The van der Waals surface area contributed by atoms with Gasteiger partial charge in [-0.2, -0.15) is 0 Å². The lowest BCUT2D eigenvalue weighted by molar-refractivity contribution is 0.732. The molecule has 3 aromatic rings. The van der Waals surface area contributed by atoms with E-state index < -0.39 is 0 Å². The second-order valence-corrected chi connectivity index (χ2v) is 4.72. The lowest BCUT2D eigenvalue weighted by Crippen LogP contribution is -2.07. The summed E-state index contributed by atoms with van der Waals surface area (Å²) in [5, 5.41) is 0. The average molecular weight is 251 g/mol. The van der Waals surface area contributed by atoms with E-state index in [9.17, 15) is 0 Å². The maximum atomic E-state index is 4.69. The maximum absolute atomic E-state index is 4.69. The molecule has 2 heterocycles. The molecule has 3 nitrogen and oxygen atoms in total. The Hall–Kier alpha value is -2.16. The number of nitrogens with zero attached hydrogens (tertiary/aromatic N) is 3. The lowest BCUT2D eigenvalue weighted by Gasteiger charge is -2.09. The van der Waals surface area contributed by atoms with Crippen molar-refractivity contribution in [1.29, 1.82) is 0 Å². The molecule has 0 atom stereocenters. The van der Waals surface area contributed by atoms with Crippen molar-refractivity contribution in [3.63, 3.8) is 0 Å². The van der Waals surface area contributed by atoms with Gasteiger partial charge in [0.2, 0.25) is 0 Å². The van der Waals surface area contributed by atoms with Crippen LogP contribution in [0, 0.1) is 6.92 Å². The predicted molar refractivity (Wildman–Crippen MR) is 77.2 cm³/mol. The number of pyridine rings is 1. The predicted octanol–water partition coefficient (Wildman–Crippen LogP) is 3.35. The standard InChI is InChI=1S/C16H17N3/c1-3-16-18-13-8-4-5-9-15(13)19(16)11-14-12(2)7-6-10-17-14/h4-10H,3,11H2,1-2H3. The molecule has 0 radical (unpaired) electrons. The van der Waals surface area contributed by atoms with E-state index >= 15 is 0 Å². The van der Waals surface area contributed by atoms with Gasteiger partial charge in [0.25, 0.3) is 0 Å². The van der Waals surface area contributed by atoms with E-state index in [0.717, 1.165) is 30.0 Å². The van der Waals surface area contributed by atoms with Crippen molar-refractivity contribution in [1.82, 2.24) is 14.5 Å². The Labute approximate surface area is 112 Å². The molecule has 0 bridgehead atoms. The third-order valence-corrected chi connectivity index (χ3v) is 3.48. The van der Waals surface area contributed by atoms with Crippen molar-refractivity contribution in [3.8, 4) is 0 Å². The zero-order chi connectivity index (χ0) is 13.2. The quantitative estimate of drug-likeness (QED) is 0.714. The highest BCUT2D eigenvalue weighted by atomic mass is 15.1. The Bertz CT molecular complexity index is 713. The average Bonchev–Trinajstić information content (AvgIpc) is 2.79. The Kier molecular flexibility index (Phi) is 3.03. The van der Waals surface area contributed by atoms with E-state index in [2.05, 4.69) is 47.7 Å². The Morgan fingerprint density at radius 3 is 2.74 bits per heavy atom. The van der Waals surface area contributed by atoms with Gasteiger partial charge in [0.1, 0.15) is 5.82 Å². The molecule has 0 saturated heterocycles. The minimum atomic E-state index is 0.788. The first-order chi connectivity index (χ1) is 9.29. The lowest BCUT2D eigenvalue weighted by atomic mass is 10.2. The van der Waals surface area contributed by atoms with Crippen LogP contribution in [0.1, 0.15) is 24.0 Å². The molecule has 1 aromatic carbocycles. The van der Waals surface area contributed by atoms with Crippen molar-refractivity contribution in [2.24, 2.45) is 0 Å². The topological polar surface area (TPSA) is 30.7 Å². The van der Waals surface area contributed by atoms with Crippen LogP contribution in [0.3, 0.4) is 0 Å². The molecule has 0 saturated carbocycles. The van der Waals surface area contributed by atoms with E-state index in [4.69, 9.17) is 4.98 Å². The highest BCUT2D eigenvalue weighted by Crippen LogP contribution is 2.18. The Morgan fingerprint density at radius 1 is 1.11 bits per heavy atom. The molecular formula is C16H17N3. The number of hydrogen-bond donors (Lipinski definition) is 0. The molecule has 0 fully saturated rings. The van der Waals surface area contributed by atoms with Crippen molar-refractivity contribution >= 4 is 11.0 Å². The molecule has 0 N–H and O–H groups in total. The fraction of sp³-hybridized carbons (Fsp3) is 0.250. The van der Waals surface area contributed by atoms with Crippen molar-refractivity contribution in [3.05, 3.63) is 59.7 Å². The molecule has 0 aliphatic rings. The van der Waals surface area contributed by atoms with Crippen LogP contribution in [-0.4, -0.2) is 14.5 Å². The summed E-state index contributed by atoms with van der Waals surface area (Å²) in [6.45, 7) is 5.03. The second-order valence-electron chi connectivity index (χ2n) is 4.72. The minimum Gasteiger partial charge on any atom is -0.322 e. The van der Waals surface area contributed by atoms with Gasteiger partial charge in [-0.15, -0.1) is 0 Å². The van der Waals surface area contributed by atoms with Crippen molar-refractivity contribution < 1.29 is 0 Å². The van der Waals surface area contributed by atoms with Gasteiger partial charge in [-0.3, -0.25) is 4.98 Å². The molecule has 0 unspecified atom stereocenters. The molecule has 96 valence electrons. The molecule has 0 amide bonds. The summed E-state index contributed by atoms with van der Waals surface area (Å²) >= 11 is 0. The summed E-state index contributed by atoms with van der Waals surface area (Å²) in [5.74, 6) is 1.12. The van der Waals surface area contributed by atoms with E-state index in [1.165, 1.54) is 11.1 Å². The molecule has 3 rings (SSSR count). The fourth-order valence-electron chi connectivity index (χ4n) is 2.41. The van der Waals surface area contributed by atoms with Crippen molar-refractivity contribution in [2.45, 2.75) is 26.8 Å². The van der Waals surface area contributed by atoms with E-state index in [0.29, 0.717) is 0 Å². The zero-order valence-corrected chi connectivity index (χ0v) is 11.3. The third-order valence-electron chi connectivity index (χ3n) is 3.48. The number of benzene rings is 1. The van der Waals surface area contributed by atoms with Gasteiger partial charge in [0, 0.05) is 12.6 Å². The van der Waals surface area contributed by atoms with Crippen LogP contribution in [0.15, 0.2) is 42.6 Å². The first kappa shape index (κ1) is 11.9. The monoisotopic (exact) mass is 251 g/mol. The molecule has 2 aromatic heterocycles. The van der Waals surface area contributed by atoms with Crippen LogP contribution in [0.4, 0.5) is 0 Å². The van der Waals surface area contributed by atoms with Crippen LogP contribution < -0.4 is 0 Å². The van der Waals surface area contributed by atoms with E-state index in [1.807, 2.05) is 18.3 Å². The molecule has 0 spiro atoms. The highest BCUT2D eigenvalue weighted by Gasteiger charge is 2.10. The number of para-hydroxylation sites is 2. The Balaban J connectivity index is 2.12. The number of imidazole rings is 1. The van der Waals surface area contributed by atoms with Crippen LogP contribution in [0.5, 0.6) is 0 Å². The first-order valence-corrected chi connectivity index (χ1v) is 6.64. The minimum absolute atomic E-state index is 0.788. The molecule has 0 aliphatic carbocycles. The van der Waals surface area contributed by atoms with Crippen LogP contribution in [0.25, 0.3) is 11.0 Å². The van der Waals surface area contributed by atoms with E-state index in [-0.39, 0.29) is 0 Å². The largest absolute Gasteiger partial charge is 0.322 e. The number of rotatable bonds is 3. The smallest absolute Gasteiger partial charge is 0.109 e. The third kappa shape index (κ3) is 2.12. The Morgan fingerprint density at radius 2 is 1.95 bits per heavy atom. The van der Waals surface area contributed by atoms with Gasteiger partial charge < -0.3 is 4.57 Å². The van der Waals surface area contributed by atoms with Gasteiger partial charge in [0.15, 0.2) is 0 Å². The summed E-state index contributed by atoms with van der Waals surface area (Å²) in [7, 11) is 0. The maximum Gasteiger partial charge on any atom is 0.109 e. The number of fused-ring (bicyclic) bond motifs is 1. The molecule has 19 heavy (non-hydrogen) atoms. The van der Waals surface area contributed by atoms with E-state index in [1.54, 1.807) is 0 Å². The highest BCUT2D eigenvalue weighted by molar-refractivity contribution is 5.76. The first-order valence-electron chi connectivity index (χ1n) is 6.64. The molecule has 3 heteroatoms. The number of hydrogen-bond acceptors (Lipinski definition) is 2. The van der Waals surface area contributed by atoms with Crippen LogP contribution in [-0.2, 0) is 13.0 Å². The van der Waals surface area contributed by atoms with Crippen molar-refractivity contribution in [2.75, 3.05) is 0 Å². The molecular weight excluding hydrogens is 234 g/mol. The second kappa shape index (κ2) is 4.84. The summed E-state index contributed by atoms with van der Waals surface area (Å²) < 4.78 is 2.27. The fourth-order valence-corrected chi connectivity index (χ4v) is 2.41. The normalized spacial score (nSPS) is 11.1. The summed E-state index contributed by atoms with van der Waals surface area (Å²) in [4.78, 5) is 9.18. The van der Waals surface area contributed by atoms with Crippen LogP contribution >= 0.6 is 0 Å². The van der Waals surface area contributed by atoms with Gasteiger partial charge >= 0.3 is 0 Å². The summed E-state index contributed by atoms with van der Waals surface area (Å²) in [6, 6.07) is 12.4. The number of aromatic nitrogens is 3. The summed E-state index contributed by atoms with van der Waals surface area (Å²) in [6.07, 6.45) is 2.79. The SMILES string of the molecule is CCc1nc2ccccc2n1Cc1ncccc1C. The van der Waals surface area contributed by atoms with Gasteiger partial charge in [-0.1, -0.05) is 25.1 Å². The van der Waals surface area contributed by atoms with Gasteiger partial charge in [0.05, 0.1) is 23.3 Å². The number of aryl methyl sites for hydroxylation is 2. The van der Waals surface area contributed by atoms with Gasteiger partial charge in [-0.25, -0.2) is 4.98 Å². The molecule has 0 aliphatic heterocycles. The zero-order valence-electron chi connectivity index (χ0n) is 11.3. The van der Waals surface area contributed by atoms with Crippen LogP contribution in [0.2, 0.25) is 0 Å².